The van der Waals surface area contributed by atoms with Crippen LogP contribution in [0.4, 0.5) is 4.39 Å². The molecule has 14 heavy (non-hydrogen) atoms. The summed E-state index contributed by atoms with van der Waals surface area (Å²) < 4.78 is 13.3. The molecule has 0 atom stereocenters. The van der Waals surface area contributed by atoms with E-state index in [1.54, 1.807) is 13.0 Å². The van der Waals surface area contributed by atoms with Gasteiger partial charge in [-0.05, 0) is 49.4 Å². The van der Waals surface area contributed by atoms with Crippen molar-refractivity contribution in [2.24, 2.45) is 0 Å². The third-order valence-corrected chi connectivity index (χ3v) is 2.91. The zero-order valence-electron chi connectivity index (χ0n) is 8.27. The highest BCUT2D eigenvalue weighted by atomic mass is 19.1. The van der Waals surface area contributed by atoms with Gasteiger partial charge in [-0.25, -0.2) is 4.39 Å². The number of halogens is 1. The van der Waals surface area contributed by atoms with Gasteiger partial charge in [-0.3, -0.25) is 4.79 Å². The van der Waals surface area contributed by atoms with Gasteiger partial charge in [-0.15, -0.1) is 0 Å². The topological polar surface area (TPSA) is 17.1 Å². The summed E-state index contributed by atoms with van der Waals surface area (Å²) in [5.74, 6) is -0.0287. The predicted molar refractivity (Wildman–Crippen MR) is 53.0 cm³/mol. The fourth-order valence-corrected chi connectivity index (χ4v) is 2.03. The summed E-state index contributed by atoms with van der Waals surface area (Å²) in [4.78, 5) is 11.6. The van der Waals surface area contributed by atoms with E-state index in [1.807, 2.05) is 0 Å². The van der Waals surface area contributed by atoms with Crippen molar-refractivity contribution in [1.29, 1.82) is 0 Å². The lowest BCUT2D eigenvalue weighted by Gasteiger charge is -2.08. The smallest absolute Gasteiger partial charge is 0.163 e. The Labute approximate surface area is 82.9 Å². The summed E-state index contributed by atoms with van der Waals surface area (Å²) in [7, 11) is 0. The largest absolute Gasteiger partial charge is 0.294 e. The highest BCUT2D eigenvalue weighted by molar-refractivity contribution is 5.98. The second-order valence-corrected chi connectivity index (χ2v) is 3.83. The minimum atomic E-state index is -0.196. The monoisotopic (exact) mass is 192 g/mol. The summed E-state index contributed by atoms with van der Waals surface area (Å²) in [6.45, 7) is 1.76. The lowest BCUT2D eigenvalue weighted by Crippen LogP contribution is -2.03. The maximum absolute atomic E-state index is 13.3. The Morgan fingerprint density at radius 1 is 1.21 bits per heavy atom. The fraction of sp³-hybridized carbons (Fsp3) is 0.417. The van der Waals surface area contributed by atoms with Crippen molar-refractivity contribution in [3.8, 4) is 0 Å². The molecule has 1 nitrogen and oxygen atoms in total. The van der Waals surface area contributed by atoms with E-state index in [2.05, 4.69) is 0 Å². The van der Waals surface area contributed by atoms with Gasteiger partial charge in [0.05, 0.1) is 0 Å². The maximum Gasteiger partial charge on any atom is 0.163 e. The Balaban J connectivity index is 2.58. The molecule has 2 heteroatoms. The number of Topliss-reactive ketones (excluding diaryl/α,β-unsaturated/α-hetero) is 1. The summed E-state index contributed by atoms with van der Waals surface area (Å²) in [5.41, 5.74) is 2.31. The van der Waals surface area contributed by atoms with Crippen LogP contribution in [0.3, 0.4) is 0 Å². The van der Waals surface area contributed by atoms with Gasteiger partial charge in [0.15, 0.2) is 5.78 Å². The number of hydrogen-bond donors (Lipinski definition) is 0. The van der Waals surface area contributed by atoms with E-state index in [9.17, 15) is 9.18 Å². The molecule has 0 heterocycles. The first kappa shape index (κ1) is 9.38. The Bertz CT molecular complexity index is 382. The molecule has 0 spiro atoms. The molecule has 2 rings (SSSR count). The van der Waals surface area contributed by atoms with Crippen molar-refractivity contribution in [3.63, 3.8) is 0 Å². The number of rotatable bonds is 0. The van der Waals surface area contributed by atoms with Gasteiger partial charge in [0.25, 0.3) is 0 Å². The molecular formula is C12H13FO. The average molecular weight is 192 g/mol. The molecule has 1 aliphatic rings. The van der Waals surface area contributed by atoms with Crippen molar-refractivity contribution in [1.82, 2.24) is 0 Å². The maximum atomic E-state index is 13.3. The van der Waals surface area contributed by atoms with Crippen LogP contribution >= 0.6 is 0 Å². The van der Waals surface area contributed by atoms with Crippen LogP contribution in [0.2, 0.25) is 0 Å². The van der Waals surface area contributed by atoms with E-state index in [1.165, 1.54) is 6.07 Å². The summed E-state index contributed by atoms with van der Waals surface area (Å²) in [5, 5.41) is 0. The van der Waals surface area contributed by atoms with Gasteiger partial charge < -0.3 is 0 Å². The lowest BCUT2D eigenvalue weighted by molar-refractivity contribution is 0.0982. The summed E-state index contributed by atoms with van der Waals surface area (Å²) >= 11 is 0. The molecule has 0 amide bonds. The standard InChI is InChI=1S/C12H13FO/c1-8-9-4-2-3-5-12(14)10(9)6-7-11(8)13/h6-7H,2-5H2,1H3. The van der Waals surface area contributed by atoms with Gasteiger partial charge in [0.2, 0.25) is 0 Å². The molecule has 0 aromatic heterocycles. The normalized spacial score (nSPS) is 16.3. The van der Waals surface area contributed by atoms with Crippen molar-refractivity contribution in [2.75, 3.05) is 0 Å². The molecule has 0 fully saturated rings. The van der Waals surface area contributed by atoms with E-state index in [4.69, 9.17) is 0 Å². The lowest BCUT2D eigenvalue weighted by atomic mass is 9.97. The first-order valence-electron chi connectivity index (χ1n) is 5.01. The highest BCUT2D eigenvalue weighted by Crippen LogP contribution is 2.25. The van der Waals surface area contributed by atoms with Crippen molar-refractivity contribution in [2.45, 2.75) is 32.6 Å². The number of benzene rings is 1. The number of hydrogen-bond acceptors (Lipinski definition) is 1. The first-order valence-corrected chi connectivity index (χ1v) is 5.01. The molecule has 0 saturated heterocycles. The molecule has 0 radical (unpaired) electrons. The van der Waals surface area contributed by atoms with Gasteiger partial charge in [-0.2, -0.15) is 0 Å². The Morgan fingerprint density at radius 3 is 2.71 bits per heavy atom. The van der Waals surface area contributed by atoms with Crippen LogP contribution in [0.25, 0.3) is 0 Å². The Kier molecular flexibility index (Phi) is 2.36. The zero-order valence-corrected chi connectivity index (χ0v) is 8.27. The van der Waals surface area contributed by atoms with Crippen LogP contribution < -0.4 is 0 Å². The molecular weight excluding hydrogens is 179 g/mol. The molecule has 0 saturated carbocycles. The minimum absolute atomic E-state index is 0.167. The van der Waals surface area contributed by atoms with E-state index < -0.39 is 0 Å². The van der Waals surface area contributed by atoms with E-state index in [0.717, 1.165) is 30.4 Å². The number of fused-ring (bicyclic) bond motifs is 1. The highest BCUT2D eigenvalue weighted by Gasteiger charge is 2.18. The van der Waals surface area contributed by atoms with Crippen LogP contribution in [-0.2, 0) is 6.42 Å². The fourth-order valence-electron chi connectivity index (χ4n) is 2.03. The molecule has 0 aliphatic heterocycles. The van der Waals surface area contributed by atoms with Gasteiger partial charge >= 0.3 is 0 Å². The molecule has 74 valence electrons. The molecule has 0 bridgehead atoms. The van der Waals surface area contributed by atoms with Crippen molar-refractivity contribution >= 4 is 5.78 Å². The quantitative estimate of drug-likeness (QED) is 0.577. The van der Waals surface area contributed by atoms with Crippen LogP contribution in [-0.4, -0.2) is 5.78 Å². The molecule has 0 unspecified atom stereocenters. The number of carbonyl (C=O) groups excluding carboxylic acids is 1. The third-order valence-electron chi connectivity index (χ3n) is 2.91. The van der Waals surface area contributed by atoms with Crippen LogP contribution in [0.15, 0.2) is 12.1 Å². The zero-order chi connectivity index (χ0) is 10.1. The van der Waals surface area contributed by atoms with Crippen LogP contribution in [0.1, 0.15) is 40.7 Å². The average Bonchev–Trinajstić information content (AvgIpc) is 2.35. The second kappa shape index (κ2) is 3.52. The molecule has 1 aliphatic carbocycles. The first-order chi connectivity index (χ1) is 6.70. The second-order valence-electron chi connectivity index (χ2n) is 3.83. The summed E-state index contributed by atoms with van der Waals surface area (Å²) in [6.07, 6.45) is 3.36. The van der Waals surface area contributed by atoms with E-state index >= 15 is 0 Å². The van der Waals surface area contributed by atoms with E-state index in [0.29, 0.717) is 12.0 Å². The Hall–Kier alpha value is -1.18. The third kappa shape index (κ3) is 1.45. The number of carbonyl (C=O) groups is 1. The van der Waals surface area contributed by atoms with Crippen LogP contribution in [0.5, 0.6) is 0 Å². The van der Waals surface area contributed by atoms with E-state index in [-0.39, 0.29) is 11.6 Å². The van der Waals surface area contributed by atoms with Gasteiger partial charge in [-0.1, -0.05) is 0 Å². The van der Waals surface area contributed by atoms with Crippen molar-refractivity contribution in [3.05, 3.63) is 34.6 Å². The Morgan fingerprint density at radius 2 is 1.93 bits per heavy atom. The molecule has 0 N–H and O–H groups in total. The molecule has 1 aromatic carbocycles. The SMILES string of the molecule is Cc1c(F)ccc2c1CCCCC2=O. The number of ketones is 1. The predicted octanol–water partition coefficient (Wildman–Crippen LogP) is 3.04. The summed E-state index contributed by atoms with van der Waals surface area (Å²) in [6, 6.07) is 3.03. The van der Waals surface area contributed by atoms with Gasteiger partial charge in [0, 0.05) is 12.0 Å². The van der Waals surface area contributed by atoms with Crippen molar-refractivity contribution < 1.29 is 9.18 Å². The minimum Gasteiger partial charge on any atom is -0.294 e. The van der Waals surface area contributed by atoms with Crippen LogP contribution in [0, 0.1) is 12.7 Å². The molecule has 1 aromatic rings. The van der Waals surface area contributed by atoms with Gasteiger partial charge in [0.1, 0.15) is 5.82 Å².